The Hall–Kier alpha value is 0.390. The molecule has 3 N–H and O–H groups in total. The molecular weight excluding hydrogens is 490 g/mol. The standard InChI is InChI=1S/C8H7BrI2N2O2/c9-4-1-5(10)8(6(11)2-4)15-3-7(14)13-12/h1-2H,3,12H2,(H,13,14). The zero-order chi connectivity index (χ0) is 11.4. The maximum absolute atomic E-state index is 10.9. The van der Waals surface area contributed by atoms with Gasteiger partial charge in [0.25, 0.3) is 5.91 Å². The predicted molar refractivity (Wildman–Crippen MR) is 77.4 cm³/mol. The molecule has 1 rings (SSSR count). The number of amides is 1. The van der Waals surface area contributed by atoms with Gasteiger partial charge in [-0.1, -0.05) is 15.9 Å². The second kappa shape index (κ2) is 6.21. The monoisotopic (exact) mass is 496 g/mol. The van der Waals surface area contributed by atoms with Gasteiger partial charge in [0.2, 0.25) is 0 Å². The maximum atomic E-state index is 10.9. The number of benzene rings is 1. The van der Waals surface area contributed by atoms with E-state index >= 15 is 0 Å². The highest BCUT2D eigenvalue weighted by molar-refractivity contribution is 14.1. The van der Waals surface area contributed by atoms with Gasteiger partial charge in [-0.05, 0) is 57.3 Å². The Labute approximate surface area is 123 Å². The number of carbonyl (C=O) groups is 1. The minimum atomic E-state index is -0.357. The summed E-state index contributed by atoms with van der Waals surface area (Å²) in [7, 11) is 0. The lowest BCUT2D eigenvalue weighted by molar-refractivity contribution is -0.123. The first-order valence-corrected chi connectivity index (χ1v) is 6.76. The van der Waals surface area contributed by atoms with Crippen molar-refractivity contribution in [2.75, 3.05) is 6.61 Å². The molecule has 0 aromatic heterocycles. The number of ether oxygens (including phenoxy) is 1. The maximum Gasteiger partial charge on any atom is 0.271 e. The third kappa shape index (κ3) is 4.04. The molecule has 0 heterocycles. The lowest BCUT2D eigenvalue weighted by Crippen LogP contribution is -2.34. The van der Waals surface area contributed by atoms with Crippen LogP contribution < -0.4 is 16.0 Å². The molecule has 15 heavy (non-hydrogen) atoms. The molecule has 0 aliphatic heterocycles. The van der Waals surface area contributed by atoms with E-state index in [0.717, 1.165) is 11.6 Å². The van der Waals surface area contributed by atoms with Crippen molar-refractivity contribution in [1.82, 2.24) is 5.43 Å². The highest BCUT2D eigenvalue weighted by atomic mass is 127. The molecule has 0 spiro atoms. The molecule has 0 saturated heterocycles. The SMILES string of the molecule is NNC(=O)COc1c(I)cc(Br)cc1I. The molecule has 82 valence electrons. The van der Waals surface area contributed by atoms with E-state index in [1.807, 2.05) is 17.6 Å². The van der Waals surface area contributed by atoms with E-state index in [4.69, 9.17) is 10.6 Å². The average Bonchev–Trinajstić information content (AvgIpc) is 2.15. The van der Waals surface area contributed by atoms with Crippen LogP contribution in [0.5, 0.6) is 5.75 Å². The fraction of sp³-hybridized carbons (Fsp3) is 0.125. The summed E-state index contributed by atoms with van der Waals surface area (Å²) in [4.78, 5) is 10.9. The van der Waals surface area contributed by atoms with Gasteiger partial charge in [0.1, 0.15) is 5.75 Å². The molecule has 7 heteroatoms. The highest BCUT2D eigenvalue weighted by Gasteiger charge is 2.09. The normalized spacial score (nSPS) is 9.87. The van der Waals surface area contributed by atoms with Crippen molar-refractivity contribution in [3.8, 4) is 5.75 Å². The molecule has 0 fully saturated rings. The van der Waals surface area contributed by atoms with Gasteiger partial charge in [0.05, 0.1) is 7.14 Å². The summed E-state index contributed by atoms with van der Waals surface area (Å²) in [5.74, 6) is 5.29. The second-order valence-electron chi connectivity index (χ2n) is 2.55. The second-order valence-corrected chi connectivity index (χ2v) is 5.79. The minimum Gasteiger partial charge on any atom is -0.481 e. The Bertz CT molecular complexity index is 364. The Morgan fingerprint density at radius 1 is 1.47 bits per heavy atom. The number of carbonyl (C=O) groups excluding carboxylic acids is 1. The fourth-order valence-corrected chi connectivity index (χ4v) is 4.24. The van der Waals surface area contributed by atoms with Gasteiger partial charge in [-0.2, -0.15) is 0 Å². The van der Waals surface area contributed by atoms with Gasteiger partial charge in [0.15, 0.2) is 6.61 Å². The van der Waals surface area contributed by atoms with Gasteiger partial charge < -0.3 is 4.74 Å². The number of halogens is 3. The first-order valence-electron chi connectivity index (χ1n) is 3.81. The molecule has 1 aromatic rings. The number of hydrazine groups is 1. The van der Waals surface area contributed by atoms with E-state index in [0.29, 0.717) is 5.75 Å². The number of nitrogens with two attached hydrogens (primary N) is 1. The smallest absolute Gasteiger partial charge is 0.271 e. The molecule has 1 amide bonds. The average molecular weight is 497 g/mol. The summed E-state index contributed by atoms with van der Waals surface area (Å²) in [5.41, 5.74) is 2.01. The quantitative estimate of drug-likeness (QED) is 0.291. The summed E-state index contributed by atoms with van der Waals surface area (Å²) in [6.07, 6.45) is 0. The van der Waals surface area contributed by atoms with E-state index in [-0.39, 0.29) is 12.5 Å². The van der Waals surface area contributed by atoms with Crippen LogP contribution in [0.3, 0.4) is 0 Å². The summed E-state index contributed by atoms with van der Waals surface area (Å²) in [6.45, 7) is -0.0792. The van der Waals surface area contributed by atoms with Crippen molar-refractivity contribution in [2.45, 2.75) is 0 Å². The summed E-state index contributed by atoms with van der Waals surface area (Å²) < 4.78 is 8.21. The van der Waals surface area contributed by atoms with Gasteiger partial charge in [-0.15, -0.1) is 0 Å². The molecule has 0 aliphatic rings. The first kappa shape index (κ1) is 13.5. The van der Waals surface area contributed by atoms with Crippen LogP contribution in [-0.4, -0.2) is 12.5 Å². The molecule has 0 aliphatic carbocycles. The molecule has 0 bridgehead atoms. The zero-order valence-corrected chi connectivity index (χ0v) is 13.3. The number of hydrogen-bond acceptors (Lipinski definition) is 3. The topological polar surface area (TPSA) is 64.3 Å². The summed E-state index contributed by atoms with van der Waals surface area (Å²) in [6, 6.07) is 3.83. The lowest BCUT2D eigenvalue weighted by atomic mass is 10.3. The van der Waals surface area contributed by atoms with Crippen LogP contribution in [0.2, 0.25) is 0 Å². The van der Waals surface area contributed by atoms with Gasteiger partial charge in [-0.25, -0.2) is 5.84 Å². The van der Waals surface area contributed by atoms with Crippen LogP contribution in [0.4, 0.5) is 0 Å². The molecule has 4 nitrogen and oxygen atoms in total. The number of hydrogen-bond donors (Lipinski definition) is 2. The number of nitrogens with one attached hydrogen (secondary N) is 1. The molecule has 0 saturated carbocycles. The largest absolute Gasteiger partial charge is 0.481 e. The Morgan fingerprint density at radius 2 is 2.00 bits per heavy atom. The Morgan fingerprint density at radius 3 is 2.47 bits per heavy atom. The van der Waals surface area contributed by atoms with Crippen molar-refractivity contribution >= 4 is 67.0 Å². The van der Waals surface area contributed by atoms with Gasteiger partial charge >= 0.3 is 0 Å². The lowest BCUT2D eigenvalue weighted by Gasteiger charge is -2.09. The van der Waals surface area contributed by atoms with Crippen LogP contribution in [0, 0.1) is 7.14 Å². The van der Waals surface area contributed by atoms with Crippen molar-refractivity contribution in [1.29, 1.82) is 0 Å². The van der Waals surface area contributed by atoms with Crippen LogP contribution >= 0.6 is 61.1 Å². The van der Waals surface area contributed by atoms with E-state index < -0.39 is 0 Å². The van der Waals surface area contributed by atoms with Crippen LogP contribution in [0.1, 0.15) is 0 Å². The molecule has 1 aromatic carbocycles. The first-order chi connectivity index (χ1) is 7.04. The summed E-state index contributed by atoms with van der Waals surface area (Å²) in [5, 5.41) is 0. The van der Waals surface area contributed by atoms with Crippen molar-refractivity contribution in [3.05, 3.63) is 23.7 Å². The highest BCUT2D eigenvalue weighted by Crippen LogP contribution is 2.30. The Balaban J connectivity index is 2.81. The van der Waals surface area contributed by atoms with E-state index in [2.05, 4.69) is 61.1 Å². The van der Waals surface area contributed by atoms with Gasteiger partial charge in [-0.3, -0.25) is 10.2 Å². The third-order valence-corrected chi connectivity index (χ3v) is 3.53. The van der Waals surface area contributed by atoms with E-state index in [1.165, 1.54) is 0 Å². The number of rotatable bonds is 3. The third-order valence-electron chi connectivity index (χ3n) is 1.47. The summed E-state index contributed by atoms with van der Waals surface area (Å²) >= 11 is 7.67. The molecule has 0 atom stereocenters. The van der Waals surface area contributed by atoms with E-state index in [9.17, 15) is 4.79 Å². The zero-order valence-electron chi connectivity index (χ0n) is 7.39. The van der Waals surface area contributed by atoms with Crippen LogP contribution in [0.25, 0.3) is 0 Å². The molecule has 0 unspecified atom stereocenters. The van der Waals surface area contributed by atoms with Crippen molar-refractivity contribution in [3.63, 3.8) is 0 Å². The minimum absolute atomic E-state index is 0.0792. The van der Waals surface area contributed by atoms with Crippen LogP contribution in [0.15, 0.2) is 16.6 Å². The van der Waals surface area contributed by atoms with E-state index in [1.54, 1.807) is 0 Å². The van der Waals surface area contributed by atoms with Crippen molar-refractivity contribution in [2.24, 2.45) is 5.84 Å². The predicted octanol–water partition coefficient (Wildman–Crippen LogP) is 2.03. The van der Waals surface area contributed by atoms with Crippen molar-refractivity contribution < 1.29 is 9.53 Å². The van der Waals surface area contributed by atoms with Gasteiger partial charge in [0, 0.05) is 4.47 Å². The fourth-order valence-electron chi connectivity index (χ4n) is 0.846. The Kier molecular flexibility index (Phi) is 5.57. The van der Waals surface area contributed by atoms with Crippen LogP contribution in [-0.2, 0) is 4.79 Å². The molecule has 0 radical (unpaired) electrons. The molecular formula is C8H7BrI2N2O2.